The third-order valence-electron chi connectivity index (χ3n) is 2.85. The summed E-state index contributed by atoms with van der Waals surface area (Å²) in [6.45, 7) is 2.69. The highest BCUT2D eigenvalue weighted by Gasteiger charge is 2.32. The number of rotatable bonds is 5. The maximum absolute atomic E-state index is 12.7. The molecule has 0 fully saturated rings. The lowest BCUT2D eigenvalue weighted by molar-refractivity contribution is -0.137. The van der Waals surface area contributed by atoms with Crippen LogP contribution in [0.4, 0.5) is 18.9 Å². The van der Waals surface area contributed by atoms with Crippen LogP contribution in [0, 0.1) is 0 Å². The molecule has 0 radical (unpaired) electrons. The Balaban J connectivity index is 3.07. The smallest absolute Gasteiger partial charge is 0.398 e. The van der Waals surface area contributed by atoms with Crippen LogP contribution < -0.4 is 5.73 Å². The van der Waals surface area contributed by atoms with E-state index >= 15 is 0 Å². The summed E-state index contributed by atoms with van der Waals surface area (Å²) in [6, 6.07) is 2.74. The number of ether oxygens (including phenoxy) is 1. The van der Waals surface area contributed by atoms with Gasteiger partial charge >= 0.3 is 6.18 Å². The first-order valence-corrected chi connectivity index (χ1v) is 6.06. The van der Waals surface area contributed by atoms with Crippen molar-refractivity contribution in [2.75, 3.05) is 32.5 Å². The Labute approximate surface area is 115 Å². The Bertz CT molecular complexity index is 475. The predicted octanol–water partition coefficient (Wildman–Crippen LogP) is 2.40. The second kappa shape index (κ2) is 6.60. The number of benzene rings is 1. The number of nitrogen functional groups attached to an aromatic ring is 1. The molecule has 0 aliphatic rings. The van der Waals surface area contributed by atoms with Crippen LogP contribution in [-0.2, 0) is 10.9 Å². The topological polar surface area (TPSA) is 55.6 Å². The molecule has 1 rings (SSSR count). The predicted molar refractivity (Wildman–Crippen MR) is 69.3 cm³/mol. The summed E-state index contributed by atoms with van der Waals surface area (Å²) in [4.78, 5) is 13.6. The molecular formula is C13H17F3N2O2. The first-order chi connectivity index (χ1) is 9.31. The SMILES string of the molecule is CCN(CCOC)C(=O)c1cc(C(F)(F)F)ccc1N. The van der Waals surface area contributed by atoms with Crippen molar-refractivity contribution in [2.24, 2.45) is 0 Å². The van der Waals surface area contributed by atoms with Crippen LogP contribution in [0.25, 0.3) is 0 Å². The molecule has 0 aromatic heterocycles. The standard InChI is InChI=1S/C13H17F3N2O2/c1-3-18(6-7-20-2)12(19)10-8-9(13(14,15)16)4-5-11(10)17/h4-5,8H,3,6-7,17H2,1-2H3. The summed E-state index contributed by atoms with van der Waals surface area (Å²) in [6.07, 6.45) is -4.51. The van der Waals surface area contributed by atoms with E-state index in [4.69, 9.17) is 10.5 Å². The van der Waals surface area contributed by atoms with Gasteiger partial charge in [0.15, 0.2) is 0 Å². The van der Waals surface area contributed by atoms with Crippen molar-refractivity contribution in [1.82, 2.24) is 4.90 Å². The Morgan fingerprint density at radius 2 is 2.05 bits per heavy atom. The Kier molecular flexibility index (Phi) is 5.38. The lowest BCUT2D eigenvalue weighted by Crippen LogP contribution is -2.34. The molecule has 112 valence electrons. The molecule has 0 saturated carbocycles. The van der Waals surface area contributed by atoms with Crippen LogP contribution >= 0.6 is 0 Å². The molecule has 7 heteroatoms. The third-order valence-corrected chi connectivity index (χ3v) is 2.85. The van der Waals surface area contributed by atoms with E-state index in [1.54, 1.807) is 6.92 Å². The van der Waals surface area contributed by atoms with Crippen molar-refractivity contribution in [3.8, 4) is 0 Å². The zero-order valence-electron chi connectivity index (χ0n) is 11.3. The van der Waals surface area contributed by atoms with Crippen molar-refractivity contribution in [3.63, 3.8) is 0 Å². The van der Waals surface area contributed by atoms with E-state index in [-0.39, 0.29) is 11.3 Å². The van der Waals surface area contributed by atoms with Crippen molar-refractivity contribution in [2.45, 2.75) is 13.1 Å². The summed E-state index contributed by atoms with van der Waals surface area (Å²) < 4.78 is 42.9. The number of alkyl halides is 3. The molecule has 1 aromatic rings. The lowest BCUT2D eigenvalue weighted by Gasteiger charge is -2.21. The van der Waals surface area contributed by atoms with Gasteiger partial charge in [-0.05, 0) is 25.1 Å². The lowest BCUT2D eigenvalue weighted by atomic mass is 10.1. The van der Waals surface area contributed by atoms with Crippen molar-refractivity contribution in [3.05, 3.63) is 29.3 Å². The minimum absolute atomic E-state index is 0.0267. The van der Waals surface area contributed by atoms with Crippen molar-refractivity contribution >= 4 is 11.6 Å². The molecule has 20 heavy (non-hydrogen) atoms. The zero-order chi connectivity index (χ0) is 15.3. The molecule has 0 heterocycles. The number of hydrogen-bond acceptors (Lipinski definition) is 3. The van der Waals surface area contributed by atoms with Crippen LogP contribution in [0.1, 0.15) is 22.8 Å². The summed E-state index contributed by atoms with van der Waals surface area (Å²) in [5.41, 5.74) is 4.60. The van der Waals surface area contributed by atoms with E-state index in [9.17, 15) is 18.0 Å². The summed E-state index contributed by atoms with van der Waals surface area (Å²) in [7, 11) is 1.48. The fourth-order valence-corrected chi connectivity index (χ4v) is 1.69. The molecular weight excluding hydrogens is 273 g/mol. The van der Waals surface area contributed by atoms with E-state index in [2.05, 4.69) is 0 Å². The monoisotopic (exact) mass is 290 g/mol. The van der Waals surface area contributed by atoms with Crippen LogP contribution in [0.2, 0.25) is 0 Å². The van der Waals surface area contributed by atoms with E-state index < -0.39 is 17.6 Å². The van der Waals surface area contributed by atoms with Gasteiger partial charge in [0, 0.05) is 25.9 Å². The normalized spacial score (nSPS) is 11.4. The van der Waals surface area contributed by atoms with Gasteiger partial charge in [-0.2, -0.15) is 13.2 Å². The zero-order valence-corrected chi connectivity index (χ0v) is 11.3. The maximum Gasteiger partial charge on any atom is 0.416 e. The quantitative estimate of drug-likeness (QED) is 0.847. The number of nitrogens with two attached hydrogens (primary N) is 1. The van der Waals surface area contributed by atoms with Crippen LogP contribution in [0.5, 0.6) is 0 Å². The van der Waals surface area contributed by atoms with E-state index in [0.717, 1.165) is 18.2 Å². The van der Waals surface area contributed by atoms with Crippen molar-refractivity contribution < 1.29 is 22.7 Å². The van der Waals surface area contributed by atoms with Crippen LogP contribution in [-0.4, -0.2) is 37.6 Å². The summed E-state index contributed by atoms with van der Waals surface area (Å²) in [5.74, 6) is -0.534. The molecule has 1 aromatic carbocycles. The van der Waals surface area contributed by atoms with Gasteiger partial charge in [-0.15, -0.1) is 0 Å². The van der Waals surface area contributed by atoms with Crippen LogP contribution in [0.15, 0.2) is 18.2 Å². The third kappa shape index (κ3) is 3.86. The number of carbonyl (C=O) groups is 1. The highest BCUT2D eigenvalue weighted by Crippen LogP contribution is 2.31. The number of anilines is 1. The molecule has 0 saturated heterocycles. The average molecular weight is 290 g/mol. The van der Waals surface area contributed by atoms with E-state index in [1.165, 1.54) is 12.0 Å². The highest BCUT2D eigenvalue weighted by molar-refractivity contribution is 5.99. The molecule has 0 unspecified atom stereocenters. The van der Waals surface area contributed by atoms with E-state index in [0.29, 0.717) is 19.7 Å². The summed E-state index contributed by atoms with van der Waals surface area (Å²) >= 11 is 0. The molecule has 1 amide bonds. The molecule has 2 N–H and O–H groups in total. The van der Waals surface area contributed by atoms with Gasteiger partial charge in [0.25, 0.3) is 5.91 Å². The second-order valence-corrected chi connectivity index (χ2v) is 4.18. The minimum atomic E-state index is -4.51. The number of likely N-dealkylation sites (N-methyl/N-ethyl adjacent to an activating group) is 1. The fraction of sp³-hybridized carbons (Fsp3) is 0.462. The average Bonchev–Trinajstić information content (AvgIpc) is 2.38. The van der Waals surface area contributed by atoms with Gasteiger partial charge in [0.05, 0.1) is 17.7 Å². The molecule has 0 aliphatic carbocycles. The fourth-order valence-electron chi connectivity index (χ4n) is 1.69. The molecule has 0 bridgehead atoms. The summed E-state index contributed by atoms with van der Waals surface area (Å²) in [5, 5.41) is 0. The number of halogens is 3. The van der Waals surface area contributed by atoms with Crippen LogP contribution in [0.3, 0.4) is 0 Å². The van der Waals surface area contributed by atoms with Gasteiger partial charge in [-0.25, -0.2) is 0 Å². The Hall–Kier alpha value is -1.76. The second-order valence-electron chi connectivity index (χ2n) is 4.18. The Morgan fingerprint density at radius 1 is 1.40 bits per heavy atom. The molecule has 0 aliphatic heterocycles. The van der Waals surface area contributed by atoms with Gasteiger partial charge < -0.3 is 15.4 Å². The highest BCUT2D eigenvalue weighted by atomic mass is 19.4. The first-order valence-electron chi connectivity index (χ1n) is 6.06. The first kappa shape index (κ1) is 16.3. The number of hydrogen-bond donors (Lipinski definition) is 1. The molecule has 0 spiro atoms. The maximum atomic E-state index is 12.7. The van der Waals surface area contributed by atoms with E-state index in [1.807, 2.05) is 0 Å². The molecule has 4 nitrogen and oxygen atoms in total. The minimum Gasteiger partial charge on any atom is -0.398 e. The van der Waals surface area contributed by atoms with Gasteiger partial charge in [0.1, 0.15) is 0 Å². The number of amides is 1. The molecule has 0 atom stereocenters. The van der Waals surface area contributed by atoms with Crippen molar-refractivity contribution in [1.29, 1.82) is 0 Å². The Morgan fingerprint density at radius 3 is 2.55 bits per heavy atom. The number of carbonyl (C=O) groups excluding carboxylic acids is 1. The largest absolute Gasteiger partial charge is 0.416 e. The number of methoxy groups -OCH3 is 1. The van der Waals surface area contributed by atoms with Gasteiger partial charge in [-0.1, -0.05) is 0 Å². The number of nitrogens with zero attached hydrogens (tertiary/aromatic N) is 1. The van der Waals surface area contributed by atoms with Gasteiger partial charge in [0.2, 0.25) is 0 Å². The van der Waals surface area contributed by atoms with Gasteiger partial charge in [-0.3, -0.25) is 4.79 Å².